The molecule has 1 aromatic carbocycles. The number of carbonyl (C=O) groups excluding carboxylic acids is 1. The van der Waals surface area contributed by atoms with E-state index in [1.807, 2.05) is 6.07 Å². The van der Waals surface area contributed by atoms with Gasteiger partial charge in [0.05, 0.1) is 6.61 Å². The fraction of sp³-hybridized carbons (Fsp3) is 0.588. The van der Waals surface area contributed by atoms with Gasteiger partial charge < -0.3 is 21.1 Å². The molecule has 2 rings (SSSR count). The lowest BCUT2D eigenvalue weighted by Crippen LogP contribution is -2.54. The van der Waals surface area contributed by atoms with E-state index in [9.17, 15) is 4.79 Å². The second-order valence-electron chi connectivity index (χ2n) is 6.10. The van der Waals surface area contributed by atoms with Gasteiger partial charge in [0.2, 0.25) is 0 Å². The number of nitrogens with one attached hydrogen (secondary N) is 3. The molecule has 1 aliphatic rings. The number of hydrogen-bond donors (Lipinski definition) is 4. The molecule has 122 valence electrons. The minimum absolute atomic E-state index is 0.0359. The number of rotatable bonds is 7. The van der Waals surface area contributed by atoms with Crippen LogP contribution >= 0.6 is 0 Å². The summed E-state index contributed by atoms with van der Waals surface area (Å²) < 4.78 is 0. The first-order chi connectivity index (χ1) is 10.7. The van der Waals surface area contributed by atoms with Crippen LogP contribution in [0.15, 0.2) is 30.3 Å². The van der Waals surface area contributed by atoms with E-state index in [-0.39, 0.29) is 30.8 Å². The number of amides is 2. The molecular weight excluding hydrogens is 278 g/mol. The fourth-order valence-electron chi connectivity index (χ4n) is 3.19. The summed E-state index contributed by atoms with van der Waals surface area (Å²) in [4.78, 5) is 11.7. The zero-order valence-corrected chi connectivity index (χ0v) is 13.3. The second kappa shape index (κ2) is 8.15. The predicted molar refractivity (Wildman–Crippen MR) is 87.7 cm³/mol. The summed E-state index contributed by atoms with van der Waals surface area (Å²) in [5.41, 5.74) is 1.23. The molecule has 0 saturated heterocycles. The van der Waals surface area contributed by atoms with E-state index < -0.39 is 0 Å². The molecule has 1 fully saturated rings. The molecule has 0 aliphatic heterocycles. The highest BCUT2D eigenvalue weighted by atomic mass is 16.3. The SMILES string of the molecule is CC(NC1(CNC(=O)NCCO)CCCC1)c1ccccc1. The Kier molecular flexibility index (Phi) is 6.21. The van der Waals surface area contributed by atoms with Gasteiger partial charge in [-0.05, 0) is 25.3 Å². The van der Waals surface area contributed by atoms with Crippen molar-refractivity contribution in [2.45, 2.75) is 44.2 Å². The lowest BCUT2D eigenvalue weighted by Gasteiger charge is -2.34. The van der Waals surface area contributed by atoms with Crippen LogP contribution in [0.5, 0.6) is 0 Å². The molecule has 5 nitrogen and oxygen atoms in total. The molecule has 0 radical (unpaired) electrons. The molecule has 1 unspecified atom stereocenters. The van der Waals surface area contributed by atoms with Gasteiger partial charge in [-0.2, -0.15) is 0 Å². The van der Waals surface area contributed by atoms with E-state index in [0.29, 0.717) is 6.54 Å². The Labute approximate surface area is 132 Å². The van der Waals surface area contributed by atoms with E-state index in [4.69, 9.17) is 5.11 Å². The number of benzene rings is 1. The third kappa shape index (κ3) is 4.71. The Morgan fingerprint density at radius 1 is 1.23 bits per heavy atom. The maximum atomic E-state index is 11.7. The fourth-order valence-corrected chi connectivity index (χ4v) is 3.19. The minimum Gasteiger partial charge on any atom is -0.395 e. The molecule has 0 bridgehead atoms. The maximum Gasteiger partial charge on any atom is 0.314 e. The quantitative estimate of drug-likeness (QED) is 0.622. The average molecular weight is 305 g/mol. The zero-order chi connectivity index (χ0) is 15.8. The first kappa shape index (κ1) is 16.8. The van der Waals surface area contributed by atoms with Crippen LogP contribution in [0.4, 0.5) is 4.79 Å². The first-order valence-corrected chi connectivity index (χ1v) is 8.10. The van der Waals surface area contributed by atoms with Gasteiger partial charge in [0, 0.05) is 24.7 Å². The topological polar surface area (TPSA) is 73.4 Å². The summed E-state index contributed by atoms with van der Waals surface area (Å²) in [6.07, 6.45) is 4.53. The van der Waals surface area contributed by atoms with E-state index >= 15 is 0 Å². The number of aliphatic hydroxyl groups is 1. The molecule has 1 aromatic rings. The molecule has 4 N–H and O–H groups in total. The minimum atomic E-state index is -0.213. The van der Waals surface area contributed by atoms with Crippen LogP contribution < -0.4 is 16.0 Å². The van der Waals surface area contributed by atoms with Gasteiger partial charge >= 0.3 is 6.03 Å². The summed E-state index contributed by atoms with van der Waals surface area (Å²) in [6.45, 7) is 3.03. The van der Waals surface area contributed by atoms with Gasteiger partial charge in [-0.3, -0.25) is 0 Å². The van der Waals surface area contributed by atoms with E-state index in [1.54, 1.807) is 0 Å². The lowest BCUT2D eigenvalue weighted by atomic mass is 9.94. The van der Waals surface area contributed by atoms with Crippen LogP contribution in [0, 0.1) is 0 Å². The summed E-state index contributed by atoms with van der Waals surface area (Å²) >= 11 is 0. The van der Waals surface area contributed by atoms with Crippen molar-refractivity contribution < 1.29 is 9.90 Å². The van der Waals surface area contributed by atoms with Gasteiger partial charge in [-0.1, -0.05) is 43.2 Å². The van der Waals surface area contributed by atoms with Crippen LogP contribution in [-0.4, -0.2) is 36.4 Å². The third-order valence-electron chi connectivity index (χ3n) is 4.37. The van der Waals surface area contributed by atoms with Gasteiger partial charge in [0.1, 0.15) is 0 Å². The number of urea groups is 1. The average Bonchev–Trinajstić information content (AvgIpc) is 3.00. The highest BCUT2D eigenvalue weighted by molar-refractivity contribution is 5.73. The van der Waals surface area contributed by atoms with Crippen molar-refractivity contribution >= 4 is 6.03 Å². The highest BCUT2D eigenvalue weighted by Crippen LogP contribution is 2.31. The van der Waals surface area contributed by atoms with Crippen molar-refractivity contribution in [2.24, 2.45) is 0 Å². The Morgan fingerprint density at radius 2 is 1.91 bits per heavy atom. The van der Waals surface area contributed by atoms with Gasteiger partial charge in [0.15, 0.2) is 0 Å². The normalized spacial score (nSPS) is 17.9. The smallest absolute Gasteiger partial charge is 0.314 e. The lowest BCUT2D eigenvalue weighted by molar-refractivity contribution is 0.225. The molecule has 5 heteroatoms. The van der Waals surface area contributed by atoms with Crippen LogP contribution in [0.1, 0.15) is 44.2 Å². The molecule has 2 amide bonds. The number of hydrogen-bond acceptors (Lipinski definition) is 3. The zero-order valence-electron chi connectivity index (χ0n) is 13.3. The molecular formula is C17H27N3O2. The Bertz CT molecular complexity index is 458. The summed E-state index contributed by atoms with van der Waals surface area (Å²) in [5, 5.41) is 18.0. The van der Waals surface area contributed by atoms with Crippen molar-refractivity contribution in [3.05, 3.63) is 35.9 Å². The van der Waals surface area contributed by atoms with Crippen molar-refractivity contribution in [3.63, 3.8) is 0 Å². The number of carbonyl (C=O) groups is 1. The molecule has 1 aliphatic carbocycles. The van der Waals surface area contributed by atoms with Gasteiger partial charge in [-0.15, -0.1) is 0 Å². The summed E-state index contributed by atoms with van der Waals surface area (Å²) in [7, 11) is 0. The van der Waals surface area contributed by atoms with Gasteiger partial charge in [0.25, 0.3) is 0 Å². The molecule has 0 heterocycles. The molecule has 1 atom stereocenters. The van der Waals surface area contributed by atoms with E-state index in [2.05, 4.69) is 47.1 Å². The van der Waals surface area contributed by atoms with Crippen molar-refractivity contribution in [3.8, 4) is 0 Å². The number of aliphatic hydroxyl groups excluding tert-OH is 1. The van der Waals surface area contributed by atoms with Crippen molar-refractivity contribution in [1.29, 1.82) is 0 Å². The Morgan fingerprint density at radius 3 is 2.55 bits per heavy atom. The van der Waals surface area contributed by atoms with Gasteiger partial charge in [-0.25, -0.2) is 4.79 Å². The Balaban J connectivity index is 1.92. The summed E-state index contributed by atoms with van der Waals surface area (Å²) in [6, 6.07) is 10.4. The summed E-state index contributed by atoms with van der Waals surface area (Å²) in [5.74, 6) is 0. The molecule has 1 saturated carbocycles. The van der Waals surface area contributed by atoms with Crippen molar-refractivity contribution in [2.75, 3.05) is 19.7 Å². The monoisotopic (exact) mass is 305 g/mol. The standard InChI is InChI=1S/C17H27N3O2/c1-14(15-7-3-2-4-8-15)20-17(9-5-6-10-17)13-19-16(22)18-11-12-21/h2-4,7-8,14,20-21H,5-6,9-13H2,1H3,(H2,18,19,22). The van der Waals surface area contributed by atoms with E-state index in [1.165, 1.54) is 18.4 Å². The Hall–Kier alpha value is -1.59. The molecule has 0 spiro atoms. The maximum absolute atomic E-state index is 11.7. The molecule has 22 heavy (non-hydrogen) atoms. The van der Waals surface area contributed by atoms with Crippen LogP contribution in [0.3, 0.4) is 0 Å². The predicted octanol–water partition coefficient (Wildman–Crippen LogP) is 1.94. The van der Waals surface area contributed by atoms with Crippen LogP contribution in [0.25, 0.3) is 0 Å². The van der Waals surface area contributed by atoms with E-state index in [0.717, 1.165) is 12.8 Å². The molecule has 0 aromatic heterocycles. The third-order valence-corrected chi connectivity index (χ3v) is 4.37. The van der Waals surface area contributed by atoms with Crippen LogP contribution in [0.2, 0.25) is 0 Å². The first-order valence-electron chi connectivity index (χ1n) is 8.10. The largest absolute Gasteiger partial charge is 0.395 e. The second-order valence-corrected chi connectivity index (χ2v) is 6.10. The van der Waals surface area contributed by atoms with Crippen molar-refractivity contribution in [1.82, 2.24) is 16.0 Å². The highest BCUT2D eigenvalue weighted by Gasteiger charge is 2.35. The van der Waals surface area contributed by atoms with Crippen LogP contribution in [-0.2, 0) is 0 Å².